The summed E-state index contributed by atoms with van der Waals surface area (Å²) < 4.78 is 13.3. The highest BCUT2D eigenvalue weighted by Crippen LogP contribution is 2.31. The summed E-state index contributed by atoms with van der Waals surface area (Å²) in [5.41, 5.74) is -2.12. The molecule has 0 heterocycles. The van der Waals surface area contributed by atoms with E-state index in [2.05, 4.69) is 0 Å². The van der Waals surface area contributed by atoms with Gasteiger partial charge in [0.25, 0.3) is 0 Å². The minimum absolute atomic E-state index is 0.0119. The first kappa shape index (κ1) is 9.51. The number of carbonyl (C=O) groups excluding carboxylic acids is 1. The summed E-state index contributed by atoms with van der Waals surface area (Å²) in [5, 5.41) is 17.9. The van der Waals surface area contributed by atoms with E-state index in [1.54, 1.807) is 0 Å². The average molecular weight is 184 g/mol. The van der Waals surface area contributed by atoms with Gasteiger partial charge < -0.3 is 10.2 Å². The Morgan fingerprint density at radius 1 is 1.38 bits per heavy atom. The van der Waals surface area contributed by atoms with Gasteiger partial charge in [-0.2, -0.15) is 0 Å². The lowest BCUT2D eigenvalue weighted by atomic mass is 9.99. The van der Waals surface area contributed by atoms with Crippen LogP contribution in [0.4, 0.5) is 4.39 Å². The van der Waals surface area contributed by atoms with Crippen molar-refractivity contribution in [3.63, 3.8) is 0 Å². The second kappa shape index (κ2) is 3.05. The van der Waals surface area contributed by atoms with Crippen molar-refractivity contribution in [2.75, 3.05) is 0 Å². The number of benzene rings is 1. The third-order valence-corrected chi connectivity index (χ3v) is 1.76. The topological polar surface area (TPSA) is 57.5 Å². The van der Waals surface area contributed by atoms with Gasteiger partial charge in [-0.3, -0.25) is 4.79 Å². The maximum absolute atomic E-state index is 13.3. The molecule has 1 aromatic rings. The number of phenols is 2. The molecule has 0 aliphatic rings. The number of phenolic OH excluding ortho intramolecular Hbond substituents is 2. The number of aldehydes is 1. The largest absolute Gasteiger partial charge is 0.504 e. The number of halogens is 1. The second-order valence-corrected chi connectivity index (χ2v) is 2.90. The molecule has 0 aromatic heterocycles. The summed E-state index contributed by atoms with van der Waals surface area (Å²) in [7, 11) is 0. The maximum atomic E-state index is 13.3. The number of hydrogen-bond acceptors (Lipinski definition) is 3. The van der Waals surface area contributed by atoms with E-state index >= 15 is 0 Å². The second-order valence-electron chi connectivity index (χ2n) is 2.90. The molecule has 3 nitrogen and oxygen atoms in total. The van der Waals surface area contributed by atoms with Crippen molar-refractivity contribution in [1.82, 2.24) is 0 Å². The monoisotopic (exact) mass is 184 g/mol. The van der Waals surface area contributed by atoms with Crippen LogP contribution in [-0.2, 0) is 10.5 Å². The molecule has 4 heteroatoms. The Morgan fingerprint density at radius 3 is 2.46 bits per heavy atom. The normalized spacial score (nSPS) is 14.9. The van der Waals surface area contributed by atoms with Gasteiger partial charge in [-0.1, -0.05) is 6.07 Å². The van der Waals surface area contributed by atoms with Gasteiger partial charge in [0.15, 0.2) is 23.5 Å². The number of aromatic hydroxyl groups is 2. The first-order valence-corrected chi connectivity index (χ1v) is 3.65. The maximum Gasteiger partial charge on any atom is 0.188 e. The number of carbonyl (C=O) groups is 1. The molecule has 1 rings (SSSR count). The molecule has 0 fully saturated rings. The summed E-state index contributed by atoms with van der Waals surface area (Å²) in [6.45, 7) is 1.08. The van der Waals surface area contributed by atoms with Crippen LogP contribution in [0.3, 0.4) is 0 Å². The van der Waals surface area contributed by atoms with E-state index in [9.17, 15) is 9.18 Å². The van der Waals surface area contributed by atoms with Crippen molar-refractivity contribution in [2.45, 2.75) is 12.6 Å². The Labute approximate surface area is 74.4 Å². The first-order chi connectivity index (χ1) is 5.97. The van der Waals surface area contributed by atoms with E-state index in [1.165, 1.54) is 6.07 Å². The Kier molecular flexibility index (Phi) is 2.23. The molecule has 1 atom stereocenters. The SMILES string of the molecule is CC(F)(C=O)c1ccc(O)c(O)c1. The van der Waals surface area contributed by atoms with Crippen LogP contribution in [0.5, 0.6) is 11.5 Å². The summed E-state index contributed by atoms with van der Waals surface area (Å²) in [5.74, 6) is -0.784. The molecule has 0 amide bonds. The van der Waals surface area contributed by atoms with Crippen LogP contribution in [-0.4, -0.2) is 16.5 Å². The Bertz CT molecular complexity index is 334. The van der Waals surface area contributed by atoms with Crippen LogP contribution in [0.2, 0.25) is 0 Å². The van der Waals surface area contributed by atoms with Gasteiger partial charge in [0.1, 0.15) is 0 Å². The van der Waals surface area contributed by atoms with Crippen LogP contribution in [0.1, 0.15) is 12.5 Å². The first-order valence-electron chi connectivity index (χ1n) is 3.65. The zero-order valence-electron chi connectivity index (χ0n) is 6.99. The summed E-state index contributed by atoms with van der Waals surface area (Å²) in [4.78, 5) is 10.3. The Hall–Kier alpha value is -1.58. The highest BCUT2D eigenvalue weighted by atomic mass is 19.1. The molecule has 70 valence electrons. The molecule has 0 bridgehead atoms. The Morgan fingerprint density at radius 2 is 2.00 bits per heavy atom. The molecule has 0 saturated heterocycles. The smallest absolute Gasteiger partial charge is 0.188 e. The third kappa shape index (κ3) is 1.77. The van der Waals surface area contributed by atoms with Crippen LogP contribution in [0.25, 0.3) is 0 Å². The number of alkyl halides is 1. The Balaban J connectivity index is 3.18. The quantitative estimate of drug-likeness (QED) is 0.540. The molecule has 0 spiro atoms. The molecule has 0 aliphatic heterocycles. The van der Waals surface area contributed by atoms with E-state index in [4.69, 9.17) is 10.2 Å². The standard InChI is InChI=1S/C9H9FO3/c1-9(10,5-11)6-2-3-7(12)8(13)4-6/h2-5,12-13H,1H3. The van der Waals surface area contributed by atoms with Gasteiger partial charge in [-0.25, -0.2) is 4.39 Å². The lowest BCUT2D eigenvalue weighted by Crippen LogP contribution is -2.16. The van der Waals surface area contributed by atoms with Gasteiger partial charge in [0.05, 0.1) is 0 Å². The van der Waals surface area contributed by atoms with E-state index < -0.39 is 11.4 Å². The molecule has 0 aliphatic carbocycles. The van der Waals surface area contributed by atoms with Gasteiger partial charge in [0, 0.05) is 0 Å². The minimum Gasteiger partial charge on any atom is -0.504 e. The fourth-order valence-electron chi connectivity index (χ4n) is 0.896. The van der Waals surface area contributed by atoms with Gasteiger partial charge in [0.2, 0.25) is 0 Å². The van der Waals surface area contributed by atoms with Crippen molar-refractivity contribution in [3.8, 4) is 11.5 Å². The van der Waals surface area contributed by atoms with Crippen molar-refractivity contribution < 1.29 is 19.4 Å². The zero-order chi connectivity index (χ0) is 10.1. The van der Waals surface area contributed by atoms with E-state index in [-0.39, 0.29) is 17.6 Å². The summed E-state index contributed by atoms with van der Waals surface area (Å²) in [6, 6.07) is 3.39. The zero-order valence-corrected chi connectivity index (χ0v) is 6.99. The number of rotatable bonds is 2. The van der Waals surface area contributed by atoms with Crippen LogP contribution in [0.15, 0.2) is 18.2 Å². The highest BCUT2D eigenvalue weighted by molar-refractivity contribution is 5.66. The minimum atomic E-state index is -2.13. The molecule has 0 radical (unpaired) electrons. The molecule has 13 heavy (non-hydrogen) atoms. The van der Waals surface area contributed by atoms with Crippen LogP contribution >= 0.6 is 0 Å². The summed E-state index contributed by atoms with van der Waals surface area (Å²) in [6.07, 6.45) is 0.138. The number of hydrogen-bond donors (Lipinski definition) is 2. The lowest BCUT2D eigenvalue weighted by Gasteiger charge is -2.13. The average Bonchev–Trinajstić information content (AvgIpc) is 2.09. The fraction of sp³-hybridized carbons (Fsp3) is 0.222. The van der Waals surface area contributed by atoms with Crippen LogP contribution in [0, 0.1) is 0 Å². The van der Waals surface area contributed by atoms with Crippen molar-refractivity contribution >= 4 is 6.29 Å². The summed E-state index contributed by atoms with van der Waals surface area (Å²) >= 11 is 0. The third-order valence-electron chi connectivity index (χ3n) is 1.76. The van der Waals surface area contributed by atoms with Crippen molar-refractivity contribution in [3.05, 3.63) is 23.8 Å². The van der Waals surface area contributed by atoms with Crippen LogP contribution < -0.4 is 0 Å². The van der Waals surface area contributed by atoms with Crippen molar-refractivity contribution in [1.29, 1.82) is 0 Å². The molecular formula is C9H9FO3. The lowest BCUT2D eigenvalue weighted by molar-refractivity contribution is -0.117. The molecule has 2 N–H and O–H groups in total. The fourth-order valence-corrected chi connectivity index (χ4v) is 0.896. The van der Waals surface area contributed by atoms with Gasteiger partial charge in [-0.05, 0) is 24.6 Å². The van der Waals surface area contributed by atoms with E-state index in [0.29, 0.717) is 0 Å². The molecule has 0 saturated carbocycles. The van der Waals surface area contributed by atoms with E-state index in [0.717, 1.165) is 19.1 Å². The molecular weight excluding hydrogens is 175 g/mol. The van der Waals surface area contributed by atoms with Gasteiger partial charge in [-0.15, -0.1) is 0 Å². The predicted octanol–water partition coefficient (Wildman–Crippen LogP) is 1.48. The van der Waals surface area contributed by atoms with Crippen molar-refractivity contribution in [2.24, 2.45) is 0 Å². The molecule has 1 unspecified atom stereocenters. The van der Waals surface area contributed by atoms with Gasteiger partial charge >= 0.3 is 0 Å². The highest BCUT2D eigenvalue weighted by Gasteiger charge is 2.25. The predicted molar refractivity (Wildman–Crippen MR) is 44.3 cm³/mol. The van der Waals surface area contributed by atoms with E-state index in [1.807, 2.05) is 0 Å². The molecule has 1 aromatic carbocycles.